The van der Waals surface area contributed by atoms with E-state index in [9.17, 15) is 4.39 Å². The van der Waals surface area contributed by atoms with Crippen LogP contribution in [0, 0.1) is 24.1 Å². The molecule has 1 aromatic heterocycles. The first-order chi connectivity index (χ1) is 11.6. The second-order valence-electron chi connectivity index (χ2n) is 5.32. The Morgan fingerprint density at radius 1 is 1.21 bits per heavy atom. The first-order valence-electron chi connectivity index (χ1n) is 7.34. The van der Waals surface area contributed by atoms with E-state index < -0.39 is 6.10 Å². The van der Waals surface area contributed by atoms with Gasteiger partial charge in [-0.2, -0.15) is 10.2 Å². The third kappa shape index (κ3) is 3.25. The smallest absolute Gasteiger partial charge is 0.267 e. The Labute approximate surface area is 138 Å². The van der Waals surface area contributed by atoms with E-state index in [0.717, 1.165) is 0 Å². The number of aryl methyl sites for hydroxylation is 1. The van der Waals surface area contributed by atoms with Crippen molar-refractivity contribution in [3.05, 3.63) is 65.3 Å². The average Bonchev–Trinajstić information content (AvgIpc) is 3.08. The van der Waals surface area contributed by atoms with E-state index in [0.29, 0.717) is 28.3 Å². The van der Waals surface area contributed by atoms with Gasteiger partial charge in [-0.3, -0.25) is 0 Å². The minimum Gasteiger partial charge on any atom is -0.481 e. The zero-order valence-corrected chi connectivity index (χ0v) is 13.2. The summed E-state index contributed by atoms with van der Waals surface area (Å²) >= 11 is 0. The summed E-state index contributed by atoms with van der Waals surface area (Å²) < 4.78 is 24.6. The van der Waals surface area contributed by atoms with Gasteiger partial charge in [0.05, 0.1) is 11.6 Å². The van der Waals surface area contributed by atoms with Gasteiger partial charge in [0, 0.05) is 5.56 Å². The highest BCUT2D eigenvalue weighted by molar-refractivity contribution is 5.55. The molecule has 0 radical (unpaired) electrons. The molecule has 0 unspecified atom stereocenters. The third-order valence-electron chi connectivity index (χ3n) is 3.52. The molecule has 0 aliphatic heterocycles. The molecule has 0 bridgehead atoms. The lowest BCUT2D eigenvalue weighted by Gasteiger charge is -2.10. The summed E-state index contributed by atoms with van der Waals surface area (Å²) in [6.07, 6.45) is -0.477. The second kappa shape index (κ2) is 6.50. The van der Waals surface area contributed by atoms with Crippen LogP contribution in [-0.2, 0) is 0 Å². The molecule has 0 saturated carbocycles. The molecule has 0 aliphatic carbocycles. The van der Waals surface area contributed by atoms with E-state index in [1.54, 1.807) is 50.2 Å². The third-order valence-corrected chi connectivity index (χ3v) is 3.52. The van der Waals surface area contributed by atoms with E-state index in [1.165, 1.54) is 6.07 Å². The van der Waals surface area contributed by atoms with Crippen molar-refractivity contribution in [1.82, 2.24) is 10.1 Å². The number of aromatic nitrogens is 2. The highest BCUT2D eigenvalue weighted by Crippen LogP contribution is 2.24. The molecule has 120 valence electrons. The zero-order valence-electron chi connectivity index (χ0n) is 13.2. The Morgan fingerprint density at radius 2 is 1.96 bits per heavy atom. The van der Waals surface area contributed by atoms with Crippen molar-refractivity contribution in [1.29, 1.82) is 5.26 Å². The van der Waals surface area contributed by atoms with Gasteiger partial charge in [-0.05, 0) is 49.7 Å². The number of nitrogens with zero attached hydrogens (tertiary/aromatic N) is 3. The second-order valence-corrected chi connectivity index (χ2v) is 5.32. The molecule has 3 rings (SSSR count). The SMILES string of the molecule is Cc1ccc(-c2noc([C@H](C)Oc3ccc(C#N)cc3)n2)cc1F. The number of halogens is 1. The van der Waals surface area contributed by atoms with E-state index >= 15 is 0 Å². The minimum absolute atomic E-state index is 0.287. The average molecular weight is 323 g/mol. The van der Waals surface area contributed by atoms with Gasteiger partial charge in [-0.15, -0.1) is 0 Å². The molecule has 0 spiro atoms. The lowest BCUT2D eigenvalue weighted by atomic mass is 10.1. The topological polar surface area (TPSA) is 71.9 Å². The first kappa shape index (κ1) is 15.7. The summed E-state index contributed by atoms with van der Waals surface area (Å²) in [4.78, 5) is 4.26. The fourth-order valence-corrected chi connectivity index (χ4v) is 2.11. The van der Waals surface area contributed by atoms with E-state index in [2.05, 4.69) is 10.1 Å². The van der Waals surface area contributed by atoms with Crippen LogP contribution in [0.1, 0.15) is 30.0 Å². The molecular formula is C18H14FN3O2. The van der Waals surface area contributed by atoms with Crippen LogP contribution in [0.5, 0.6) is 5.75 Å². The molecule has 0 saturated heterocycles. The highest BCUT2D eigenvalue weighted by atomic mass is 19.1. The minimum atomic E-state index is -0.477. The molecule has 1 heterocycles. The summed E-state index contributed by atoms with van der Waals surface area (Å²) in [5, 5.41) is 12.7. The number of hydrogen-bond acceptors (Lipinski definition) is 5. The number of benzene rings is 2. The summed E-state index contributed by atoms with van der Waals surface area (Å²) in [6.45, 7) is 3.46. The summed E-state index contributed by atoms with van der Waals surface area (Å²) in [5.41, 5.74) is 1.65. The van der Waals surface area contributed by atoms with Crippen molar-refractivity contribution in [2.24, 2.45) is 0 Å². The van der Waals surface area contributed by atoms with Crippen LogP contribution >= 0.6 is 0 Å². The fraction of sp³-hybridized carbons (Fsp3) is 0.167. The predicted molar refractivity (Wildman–Crippen MR) is 84.6 cm³/mol. The Balaban J connectivity index is 1.76. The number of ether oxygens (including phenoxy) is 1. The lowest BCUT2D eigenvalue weighted by Crippen LogP contribution is -2.03. The zero-order chi connectivity index (χ0) is 17.1. The molecule has 3 aromatic rings. The molecular weight excluding hydrogens is 309 g/mol. The summed E-state index contributed by atoms with van der Waals surface area (Å²) in [7, 11) is 0. The quantitative estimate of drug-likeness (QED) is 0.719. The van der Waals surface area contributed by atoms with E-state index in [-0.39, 0.29) is 11.7 Å². The standard InChI is InChI=1S/C18H14FN3O2/c1-11-3-6-14(9-16(11)19)17-21-18(24-22-17)12(2)23-15-7-4-13(10-20)5-8-15/h3-9,12H,1-2H3/t12-/m0/s1. The summed E-state index contributed by atoms with van der Waals surface area (Å²) in [6, 6.07) is 13.5. The Bertz CT molecular complexity index is 897. The van der Waals surface area contributed by atoms with E-state index in [1.807, 2.05) is 6.07 Å². The van der Waals surface area contributed by atoms with Crippen LogP contribution < -0.4 is 4.74 Å². The van der Waals surface area contributed by atoms with Crippen molar-refractivity contribution in [2.45, 2.75) is 20.0 Å². The normalized spacial score (nSPS) is 11.8. The Morgan fingerprint density at radius 3 is 2.62 bits per heavy atom. The molecule has 5 nitrogen and oxygen atoms in total. The molecule has 0 N–H and O–H groups in total. The van der Waals surface area contributed by atoms with Crippen LogP contribution in [0.25, 0.3) is 11.4 Å². The van der Waals surface area contributed by atoms with Gasteiger partial charge < -0.3 is 9.26 Å². The molecule has 0 amide bonds. The van der Waals surface area contributed by atoms with Crippen molar-refractivity contribution in [3.63, 3.8) is 0 Å². The van der Waals surface area contributed by atoms with Crippen LogP contribution in [-0.4, -0.2) is 10.1 Å². The van der Waals surface area contributed by atoms with Crippen molar-refractivity contribution >= 4 is 0 Å². The van der Waals surface area contributed by atoms with Crippen molar-refractivity contribution < 1.29 is 13.7 Å². The molecule has 2 aromatic carbocycles. The van der Waals surface area contributed by atoms with Gasteiger partial charge in [0.2, 0.25) is 5.82 Å². The molecule has 0 aliphatic rings. The molecule has 1 atom stereocenters. The van der Waals surface area contributed by atoms with Gasteiger partial charge in [-0.25, -0.2) is 4.39 Å². The van der Waals surface area contributed by atoms with Gasteiger partial charge >= 0.3 is 0 Å². The van der Waals surface area contributed by atoms with Gasteiger partial charge in [0.25, 0.3) is 5.89 Å². The fourth-order valence-electron chi connectivity index (χ4n) is 2.11. The number of hydrogen-bond donors (Lipinski definition) is 0. The Kier molecular flexibility index (Phi) is 4.25. The lowest BCUT2D eigenvalue weighted by molar-refractivity contribution is 0.176. The summed E-state index contributed by atoms with van der Waals surface area (Å²) in [5.74, 6) is 0.859. The van der Waals surface area contributed by atoms with Crippen molar-refractivity contribution in [2.75, 3.05) is 0 Å². The molecule has 6 heteroatoms. The number of nitriles is 1. The van der Waals surface area contributed by atoms with Crippen LogP contribution in [0.3, 0.4) is 0 Å². The van der Waals surface area contributed by atoms with Crippen LogP contribution in [0.2, 0.25) is 0 Å². The maximum absolute atomic E-state index is 13.6. The number of rotatable bonds is 4. The van der Waals surface area contributed by atoms with Gasteiger partial charge in [-0.1, -0.05) is 17.3 Å². The van der Waals surface area contributed by atoms with Crippen LogP contribution in [0.4, 0.5) is 4.39 Å². The Hall–Kier alpha value is -3.20. The molecule has 0 fully saturated rings. The van der Waals surface area contributed by atoms with Crippen LogP contribution in [0.15, 0.2) is 47.0 Å². The van der Waals surface area contributed by atoms with E-state index in [4.69, 9.17) is 14.5 Å². The largest absolute Gasteiger partial charge is 0.481 e. The van der Waals surface area contributed by atoms with Gasteiger partial charge in [0.15, 0.2) is 6.10 Å². The predicted octanol–water partition coefficient (Wildman–Crippen LogP) is 4.20. The first-order valence-corrected chi connectivity index (χ1v) is 7.34. The maximum atomic E-state index is 13.6. The molecule has 24 heavy (non-hydrogen) atoms. The van der Waals surface area contributed by atoms with Gasteiger partial charge in [0.1, 0.15) is 11.6 Å². The monoisotopic (exact) mass is 323 g/mol. The highest BCUT2D eigenvalue weighted by Gasteiger charge is 2.17. The maximum Gasteiger partial charge on any atom is 0.267 e. The van der Waals surface area contributed by atoms with Crippen molar-refractivity contribution in [3.8, 4) is 23.2 Å².